The SMILES string of the molecule is N#Cc1ccc(OC(=S)c2ccc(Br)cc2)cc1. The summed E-state index contributed by atoms with van der Waals surface area (Å²) in [4.78, 5) is 0. The lowest BCUT2D eigenvalue weighted by molar-refractivity contribution is 0.566. The van der Waals surface area contributed by atoms with Gasteiger partial charge in [0.15, 0.2) is 5.05 Å². The van der Waals surface area contributed by atoms with Gasteiger partial charge in [0.25, 0.3) is 0 Å². The predicted molar refractivity (Wildman–Crippen MR) is 77.6 cm³/mol. The third-order valence-electron chi connectivity index (χ3n) is 2.27. The van der Waals surface area contributed by atoms with E-state index in [4.69, 9.17) is 22.2 Å². The number of hydrogen-bond acceptors (Lipinski definition) is 3. The Morgan fingerprint density at radius 1 is 1.06 bits per heavy atom. The molecule has 2 aromatic rings. The Balaban J connectivity index is 2.11. The van der Waals surface area contributed by atoms with E-state index in [1.54, 1.807) is 24.3 Å². The Morgan fingerprint density at radius 3 is 2.22 bits per heavy atom. The number of nitrogens with zero attached hydrogens (tertiary/aromatic N) is 1. The number of rotatable bonds is 2. The number of thiocarbonyl (C=S) groups is 1. The monoisotopic (exact) mass is 317 g/mol. The minimum absolute atomic E-state index is 0.409. The summed E-state index contributed by atoms with van der Waals surface area (Å²) in [5.41, 5.74) is 1.44. The average molecular weight is 318 g/mol. The Hall–Kier alpha value is -1.70. The second kappa shape index (κ2) is 5.76. The molecular weight excluding hydrogens is 310 g/mol. The fraction of sp³-hybridized carbons (Fsp3) is 0. The Labute approximate surface area is 119 Å². The maximum absolute atomic E-state index is 8.69. The molecular formula is C14H8BrNOS. The summed E-state index contributed by atoms with van der Waals surface area (Å²) in [6.07, 6.45) is 0. The zero-order chi connectivity index (χ0) is 13.0. The van der Waals surface area contributed by atoms with Crippen molar-refractivity contribution in [3.05, 3.63) is 64.1 Å². The second-order valence-electron chi connectivity index (χ2n) is 3.53. The first-order valence-electron chi connectivity index (χ1n) is 5.17. The zero-order valence-electron chi connectivity index (χ0n) is 9.26. The van der Waals surface area contributed by atoms with Crippen molar-refractivity contribution in [2.75, 3.05) is 0 Å². The number of nitriles is 1. The molecule has 0 N–H and O–H groups in total. The van der Waals surface area contributed by atoms with Crippen LogP contribution in [0.3, 0.4) is 0 Å². The highest BCUT2D eigenvalue weighted by Gasteiger charge is 2.04. The van der Waals surface area contributed by atoms with Gasteiger partial charge >= 0.3 is 0 Å². The van der Waals surface area contributed by atoms with Crippen LogP contribution in [0.5, 0.6) is 5.75 Å². The van der Waals surface area contributed by atoms with Gasteiger partial charge in [-0.3, -0.25) is 0 Å². The van der Waals surface area contributed by atoms with Crippen LogP contribution in [0, 0.1) is 11.3 Å². The third kappa shape index (κ3) is 3.16. The summed E-state index contributed by atoms with van der Waals surface area (Å²) >= 11 is 8.57. The number of benzene rings is 2. The molecule has 0 radical (unpaired) electrons. The first kappa shape index (κ1) is 12.7. The van der Waals surface area contributed by atoms with Crippen molar-refractivity contribution in [2.45, 2.75) is 0 Å². The van der Waals surface area contributed by atoms with Crippen LogP contribution in [0.1, 0.15) is 11.1 Å². The van der Waals surface area contributed by atoms with Gasteiger partial charge in [0.2, 0.25) is 0 Å². The number of halogens is 1. The summed E-state index contributed by atoms with van der Waals surface area (Å²) in [6, 6.07) is 16.5. The number of hydrogen-bond donors (Lipinski definition) is 0. The van der Waals surface area contributed by atoms with Crippen molar-refractivity contribution in [1.82, 2.24) is 0 Å². The molecule has 2 aromatic carbocycles. The van der Waals surface area contributed by atoms with Crippen molar-refractivity contribution in [1.29, 1.82) is 5.26 Å². The summed E-state index contributed by atoms with van der Waals surface area (Å²) in [5.74, 6) is 0.627. The van der Waals surface area contributed by atoms with E-state index in [9.17, 15) is 0 Å². The third-order valence-corrected chi connectivity index (χ3v) is 3.12. The minimum Gasteiger partial charge on any atom is -0.445 e. The first-order chi connectivity index (χ1) is 8.69. The lowest BCUT2D eigenvalue weighted by Crippen LogP contribution is -2.06. The van der Waals surface area contributed by atoms with Gasteiger partial charge in [-0.1, -0.05) is 15.9 Å². The molecule has 2 rings (SSSR count). The van der Waals surface area contributed by atoms with Crippen LogP contribution in [-0.2, 0) is 0 Å². The maximum Gasteiger partial charge on any atom is 0.198 e. The lowest BCUT2D eigenvalue weighted by Gasteiger charge is -2.07. The Morgan fingerprint density at radius 2 is 1.67 bits per heavy atom. The molecule has 0 heterocycles. The topological polar surface area (TPSA) is 33.0 Å². The van der Waals surface area contributed by atoms with E-state index in [2.05, 4.69) is 22.0 Å². The van der Waals surface area contributed by atoms with Crippen LogP contribution in [0.25, 0.3) is 0 Å². The van der Waals surface area contributed by atoms with E-state index < -0.39 is 0 Å². The fourth-order valence-electron chi connectivity index (χ4n) is 1.35. The quantitative estimate of drug-likeness (QED) is 0.783. The summed E-state index contributed by atoms with van der Waals surface area (Å²) in [5, 5.41) is 9.10. The van der Waals surface area contributed by atoms with Crippen molar-refractivity contribution < 1.29 is 4.74 Å². The van der Waals surface area contributed by atoms with Crippen LogP contribution in [0.4, 0.5) is 0 Å². The van der Waals surface area contributed by atoms with Crippen LogP contribution in [0.15, 0.2) is 53.0 Å². The highest BCUT2D eigenvalue weighted by molar-refractivity contribution is 9.10. The average Bonchev–Trinajstić information content (AvgIpc) is 2.40. The first-order valence-corrected chi connectivity index (χ1v) is 6.37. The molecule has 0 aliphatic carbocycles. The van der Waals surface area contributed by atoms with Gasteiger partial charge in [0.1, 0.15) is 5.75 Å². The van der Waals surface area contributed by atoms with Crippen LogP contribution in [-0.4, -0.2) is 5.05 Å². The molecule has 0 atom stereocenters. The van der Waals surface area contributed by atoms with Gasteiger partial charge < -0.3 is 4.74 Å². The molecule has 0 spiro atoms. The predicted octanol–water partition coefficient (Wildman–Crippen LogP) is 4.08. The summed E-state index contributed by atoms with van der Waals surface area (Å²) < 4.78 is 6.54. The van der Waals surface area contributed by atoms with Gasteiger partial charge in [0, 0.05) is 10.0 Å². The molecule has 88 valence electrons. The molecule has 18 heavy (non-hydrogen) atoms. The smallest absolute Gasteiger partial charge is 0.198 e. The van der Waals surface area contributed by atoms with Crippen molar-refractivity contribution in [3.8, 4) is 11.8 Å². The van der Waals surface area contributed by atoms with Crippen molar-refractivity contribution >= 4 is 33.2 Å². The van der Waals surface area contributed by atoms with E-state index in [1.165, 1.54) is 0 Å². The van der Waals surface area contributed by atoms with Crippen molar-refractivity contribution in [2.24, 2.45) is 0 Å². The van der Waals surface area contributed by atoms with Crippen LogP contribution >= 0.6 is 28.1 Å². The van der Waals surface area contributed by atoms with Gasteiger partial charge in [-0.25, -0.2) is 0 Å². The van der Waals surface area contributed by atoms with Crippen LogP contribution < -0.4 is 4.74 Å². The van der Waals surface area contributed by atoms with Crippen LogP contribution in [0.2, 0.25) is 0 Å². The van der Waals surface area contributed by atoms with E-state index >= 15 is 0 Å². The molecule has 0 amide bonds. The molecule has 0 fully saturated rings. The molecule has 0 saturated carbocycles. The number of ether oxygens (including phenoxy) is 1. The largest absolute Gasteiger partial charge is 0.445 e. The van der Waals surface area contributed by atoms with Gasteiger partial charge in [-0.2, -0.15) is 5.26 Å². The van der Waals surface area contributed by atoms with E-state index in [-0.39, 0.29) is 0 Å². The summed E-state index contributed by atoms with van der Waals surface area (Å²) in [7, 11) is 0. The van der Waals surface area contributed by atoms with Gasteiger partial charge in [0.05, 0.1) is 11.6 Å². The Bertz CT molecular complexity index is 599. The Kier molecular flexibility index (Phi) is 4.08. The maximum atomic E-state index is 8.69. The molecule has 2 nitrogen and oxygen atoms in total. The molecule has 0 saturated heterocycles. The standard InChI is InChI=1S/C14H8BrNOS/c15-12-5-3-11(4-6-12)14(18)17-13-7-1-10(9-16)2-8-13/h1-8H. The van der Waals surface area contributed by atoms with E-state index in [0.29, 0.717) is 16.4 Å². The van der Waals surface area contributed by atoms with E-state index in [0.717, 1.165) is 10.0 Å². The molecule has 0 aliphatic rings. The zero-order valence-corrected chi connectivity index (χ0v) is 11.7. The molecule has 0 aliphatic heterocycles. The second-order valence-corrected chi connectivity index (χ2v) is 4.82. The molecule has 0 unspecified atom stereocenters. The highest BCUT2D eigenvalue weighted by atomic mass is 79.9. The molecule has 4 heteroatoms. The van der Waals surface area contributed by atoms with Crippen molar-refractivity contribution in [3.63, 3.8) is 0 Å². The minimum atomic E-state index is 0.409. The molecule has 0 aromatic heterocycles. The molecule has 0 bridgehead atoms. The normalized spacial score (nSPS) is 9.56. The van der Waals surface area contributed by atoms with Gasteiger partial charge in [-0.05, 0) is 60.7 Å². The highest BCUT2D eigenvalue weighted by Crippen LogP contribution is 2.16. The summed E-state index contributed by atoms with van der Waals surface area (Å²) in [6.45, 7) is 0. The lowest BCUT2D eigenvalue weighted by atomic mass is 10.2. The fourth-order valence-corrected chi connectivity index (χ4v) is 1.85. The van der Waals surface area contributed by atoms with Gasteiger partial charge in [-0.15, -0.1) is 0 Å². The van der Waals surface area contributed by atoms with E-state index in [1.807, 2.05) is 24.3 Å².